The Morgan fingerprint density at radius 2 is 1.69 bits per heavy atom. The molecule has 2 N–H and O–H groups in total. The highest BCUT2D eigenvalue weighted by Crippen LogP contribution is 2.44. The lowest BCUT2D eigenvalue weighted by Crippen LogP contribution is -2.50. The minimum Gasteiger partial charge on any atom is -0.480 e. The van der Waals surface area contributed by atoms with Crippen LogP contribution >= 0.6 is 0 Å². The predicted octanol–water partition coefficient (Wildman–Crippen LogP) is 2.61. The maximum atomic E-state index is 12.8. The molecular formula is C24H26N2O6. The second-order valence-corrected chi connectivity index (χ2v) is 8.13. The van der Waals surface area contributed by atoms with E-state index in [4.69, 9.17) is 9.47 Å². The van der Waals surface area contributed by atoms with Gasteiger partial charge in [0.1, 0.15) is 18.7 Å². The van der Waals surface area contributed by atoms with Crippen molar-refractivity contribution in [1.82, 2.24) is 10.2 Å². The summed E-state index contributed by atoms with van der Waals surface area (Å²) in [6, 6.07) is 14.1. The third-order valence-electron chi connectivity index (χ3n) is 6.21. The molecule has 8 nitrogen and oxygen atoms in total. The number of likely N-dealkylation sites (tertiary alicyclic amines) is 1. The van der Waals surface area contributed by atoms with Gasteiger partial charge in [-0.3, -0.25) is 4.79 Å². The number of amides is 2. The Hall–Kier alpha value is -3.39. The van der Waals surface area contributed by atoms with Gasteiger partial charge < -0.3 is 24.8 Å². The number of carboxylic acids is 1. The summed E-state index contributed by atoms with van der Waals surface area (Å²) in [4.78, 5) is 38.0. The predicted molar refractivity (Wildman–Crippen MR) is 116 cm³/mol. The van der Waals surface area contributed by atoms with Gasteiger partial charge >= 0.3 is 12.1 Å². The third-order valence-corrected chi connectivity index (χ3v) is 6.21. The summed E-state index contributed by atoms with van der Waals surface area (Å²) in [6.45, 7) is 1.82. The Labute approximate surface area is 186 Å². The van der Waals surface area contributed by atoms with Crippen molar-refractivity contribution in [3.05, 3.63) is 59.7 Å². The topological polar surface area (TPSA) is 105 Å². The number of carbonyl (C=O) groups excluding carboxylic acids is 2. The zero-order valence-corrected chi connectivity index (χ0v) is 18.0. The van der Waals surface area contributed by atoms with Gasteiger partial charge in [-0.15, -0.1) is 0 Å². The number of hydrogen-bond donors (Lipinski definition) is 2. The van der Waals surface area contributed by atoms with Gasteiger partial charge in [0.2, 0.25) is 5.91 Å². The highest BCUT2D eigenvalue weighted by atomic mass is 16.5. The summed E-state index contributed by atoms with van der Waals surface area (Å²) >= 11 is 0. The van der Waals surface area contributed by atoms with Crippen molar-refractivity contribution < 1.29 is 29.0 Å². The number of nitrogens with zero attached hydrogens (tertiary/aromatic N) is 1. The lowest BCUT2D eigenvalue weighted by Gasteiger charge is -2.25. The Morgan fingerprint density at radius 3 is 2.25 bits per heavy atom. The maximum absolute atomic E-state index is 12.8. The lowest BCUT2D eigenvalue weighted by molar-refractivity contribution is -0.148. The zero-order valence-electron chi connectivity index (χ0n) is 18.0. The minimum atomic E-state index is -1.09. The quantitative estimate of drug-likeness (QED) is 0.718. The number of aliphatic carboxylic acids is 1. The van der Waals surface area contributed by atoms with Crippen molar-refractivity contribution in [1.29, 1.82) is 0 Å². The fourth-order valence-electron chi connectivity index (χ4n) is 4.57. The molecule has 2 amide bonds. The zero-order chi connectivity index (χ0) is 22.8. The van der Waals surface area contributed by atoms with Crippen LogP contribution in [0.25, 0.3) is 11.1 Å². The van der Waals surface area contributed by atoms with E-state index in [0.29, 0.717) is 0 Å². The van der Waals surface area contributed by atoms with E-state index >= 15 is 0 Å². The van der Waals surface area contributed by atoms with E-state index in [1.54, 1.807) is 0 Å². The molecule has 2 aliphatic rings. The van der Waals surface area contributed by atoms with Crippen LogP contribution in [-0.4, -0.2) is 66.4 Å². The van der Waals surface area contributed by atoms with Gasteiger partial charge in [-0.1, -0.05) is 48.5 Å². The molecule has 0 bridgehead atoms. The summed E-state index contributed by atoms with van der Waals surface area (Å²) in [5.74, 6) is -1.66. The Kier molecular flexibility index (Phi) is 6.14. The highest BCUT2D eigenvalue weighted by Gasteiger charge is 2.41. The average Bonchev–Trinajstić information content (AvgIpc) is 3.37. The number of carboxylic acid groups (broad SMARTS) is 1. The molecule has 1 aliphatic carbocycles. The molecule has 1 fully saturated rings. The average molecular weight is 438 g/mol. The molecule has 0 radical (unpaired) electrons. The third kappa shape index (κ3) is 4.05. The number of nitrogens with one attached hydrogen (secondary N) is 1. The van der Waals surface area contributed by atoms with Crippen molar-refractivity contribution in [2.75, 3.05) is 20.3 Å². The standard InChI is InChI=1S/C24H26N2O6/c1-14(22(27)26-12-15(31-2)11-21(26)23(28)29)25-24(30)32-13-20-18-9-5-3-7-16(18)17-8-4-6-10-19(17)20/h3-10,14-15,20-21H,11-13H2,1-2H3,(H,25,30)(H,28,29)/t14-,15?,21?/m1/s1. The van der Waals surface area contributed by atoms with E-state index in [2.05, 4.69) is 17.4 Å². The number of benzene rings is 2. The molecule has 3 atom stereocenters. The first-order chi connectivity index (χ1) is 15.4. The van der Waals surface area contributed by atoms with Crippen LogP contribution in [0.5, 0.6) is 0 Å². The first-order valence-electron chi connectivity index (χ1n) is 10.6. The van der Waals surface area contributed by atoms with Crippen LogP contribution < -0.4 is 5.32 Å². The monoisotopic (exact) mass is 438 g/mol. The van der Waals surface area contributed by atoms with E-state index in [0.717, 1.165) is 22.3 Å². The number of rotatable bonds is 6. The first kappa shape index (κ1) is 21.8. The van der Waals surface area contributed by atoms with Crippen LogP contribution in [0, 0.1) is 0 Å². The second-order valence-electron chi connectivity index (χ2n) is 8.13. The van der Waals surface area contributed by atoms with E-state index in [-0.39, 0.29) is 31.6 Å². The van der Waals surface area contributed by atoms with E-state index in [1.807, 2.05) is 36.4 Å². The van der Waals surface area contributed by atoms with Gasteiger partial charge in [-0.25, -0.2) is 9.59 Å². The Morgan fingerprint density at radius 1 is 1.09 bits per heavy atom. The highest BCUT2D eigenvalue weighted by molar-refractivity contribution is 5.89. The molecule has 168 valence electrons. The molecule has 2 unspecified atom stereocenters. The van der Waals surface area contributed by atoms with E-state index in [9.17, 15) is 19.5 Å². The number of methoxy groups -OCH3 is 1. The first-order valence-corrected chi connectivity index (χ1v) is 10.6. The van der Waals surface area contributed by atoms with Gasteiger partial charge in [0, 0.05) is 26.0 Å². The molecule has 2 aromatic carbocycles. The summed E-state index contributed by atoms with van der Waals surface area (Å²) in [7, 11) is 1.48. The van der Waals surface area contributed by atoms with Gasteiger partial charge in [0.05, 0.1) is 6.10 Å². The molecule has 1 aliphatic heterocycles. The maximum Gasteiger partial charge on any atom is 0.407 e. The molecule has 1 heterocycles. The van der Waals surface area contributed by atoms with Gasteiger partial charge in [0.25, 0.3) is 0 Å². The van der Waals surface area contributed by atoms with Crippen molar-refractivity contribution >= 4 is 18.0 Å². The number of alkyl carbamates (subject to hydrolysis) is 1. The number of ether oxygens (including phenoxy) is 2. The van der Waals surface area contributed by atoms with Gasteiger partial charge in [-0.2, -0.15) is 0 Å². The molecule has 4 rings (SSSR count). The molecule has 0 spiro atoms. The Balaban J connectivity index is 1.38. The van der Waals surface area contributed by atoms with Crippen LogP contribution in [-0.2, 0) is 19.1 Å². The number of fused-ring (bicyclic) bond motifs is 3. The summed E-state index contributed by atoms with van der Waals surface area (Å²) in [5.41, 5.74) is 4.44. The molecule has 2 aromatic rings. The molecule has 32 heavy (non-hydrogen) atoms. The summed E-state index contributed by atoms with van der Waals surface area (Å²) in [5, 5.41) is 11.9. The fourth-order valence-corrected chi connectivity index (χ4v) is 4.57. The van der Waals surface area contributed by atoms with Gasteiger partial charge in [-0.05, 0) is 29.2 Å². The normalized spacial score (nSPS) is 20.4. The van der Waals surface area contributed by atoms with Gasteiger partial charge in [0.15, 0.2) is 0 Å². The fraction of sp³-hybridized carbons (Fsp3) is 0.375. The molecule has 8 heteroatoms. The van der Waals surface area contributed by atoms with E-state index < -0.39 is 30.1 Å². The Bertz CT molecular complexity index is 993. The van der Waals surface area contributed by atoms with Crippen molar-refractivity contribution in [3.63, 3.8) is 0 Å². The summed E-state index contributed by atoms with van der Waals surface area (Å²) < 4.78 is 10.7. The van der Waals surface area contributed by atoms with Crippen LogP contribution in [0.2, 0.25) is 0 Å². The molecular weight excluding hydrogens is 412 g/mol. The lowest BCUT2D eigenvalue weighted by atomic mass is 9.98. The second kappa shape index (κ2) is 9.00. The smallest absolute Gasteiger partial charge is 0.407 e. The largest absolute Gasteiger partial charge is 0.480 e. The molecule has 0 saturated carbocycles. The summed E-state index contributed by atoms with van der Waals surface area (Å²) in [6.07, 6.45) is -0.848. The van der Waals surface area contributed by atoms with Crippen molar-refractivity contribution in [2.24, 2.45) is 0 Å². The van der Waals surface area contributed by atoms with Crippen LogP contribution in [0.4, 0.5) is 4.79 Å². The SMILES string of the molecule is COC1CC(C(=O)O)N(C(=O)[C@@H](C)NC(=O)OCC2c3ccccc3-c3ccccc32)C1. The van der Waals surface area contributed by atoms with Crippen molar-refractivity contribution in [3.8, 4) is 11.1 Å². The molecule has 0 aromatic heterocycles. The van der Waals surface area contributed by atoms with Crippen LogP contribution in [0.3, 0.4) is 0 Å². The number of carbonyl (C=O) groups is 3. The van der Waals surface area contributed by atoms with Crippen molar-refractivity contribution in [2.45, 2.75) is 37.5 Å². The van der Waals surface area contributed by atoms with E-state index in [1.165, 1.54) is 18.9 Å². The van der Waals surface area contributed by atoms with Crippen LogP contribution in [0.1, 0.15) is 30.4 Å². The molecule has 1 saturated heterocycles. The number of hydrogen-bond acceptors (Lipinski definition) is 5. The minimum absolute atomic E-state index is 0.0865. The van der Waals surface area contributed by atoms with Crippen LogP contribution in [0.15, 0.2) is 48.5 Å².